The van der Waals surface area contributed by atoms with Crippen LogP contribution in [0.25, 0.3) is 0 Å². The van der Waals surface area contributed by atoms with E-state index in [9.17, 15) is 0 Å². The first-order chi connectivity index (χ1) is 11.3. The van der Waals surface area contributed by atoms with Gasteiger partial charge in [0.05, 0.1) is 6.61 Å². The molecule has 3 nitrogen and oxygen atoms in total. The van der Waals surface area contributed by atoms with Gasteiger partial charge in [-0.3, -0.25) is 4.52 Å². The second kappa shape index (κ2) is 8.75. The van der Waals surface area contributed by atoms with E-state index in [4.69, 9.17) is 60.2 Å². The minimum atomic E-state index is -3.09. The molecule has 0 atom stereocenters. The van der Waals surface area contributed by atoms with Crippen LogP contribution in [0.3, 0.4) is 0 Å². The maximum atomic E-state index is 6.03. The van der Waals surface area contributed by atoms with Crippen molar-refractivity contribution in [1.29, 1.82) is 0 Å². The molecular formula is C16H16Cl3O3PS. The molecule has 0 N–H and O–H groups in total. The van der Waals surface area contributed by atoms with E-state index in [1.54, 1.807) is 36.4 Å². The molecular weight excluding hydrogens is 410 g/mol. The van der Waals surface area contributed by atoms with Gasteiger partial charge in [0.15, 0.2) is 0 Å². The molecule has 0 aliphatic heterocycles. The Kier molecular flexibility index (Phi) is 7.23. The zero-order chi connectivity index (χ0) is 17.7. The molecule has 0 bridgehead atoms. The summed E-state index contributed by atoms with van der Waals surface area (Å²) in [6.07, 6.45) is 0. The van der Waals surface area contributed by atoms with Gasteiger partial charge < -0.3 is 9.05 Å². The molecule has 0 aromatic heterocycles. The third-order valence-corrected chi connectivity index (χ3v) is 6.15. The number of aryl methyl sites for hydroxylation is 2. The van der Waals surface area contributed by atoms with Gasteiger partial charge in [-0.05, 0) is 61.4 Å². The Morgan fingerprint density at radius 3 is 1.75 bits per heavy atom. The Labute approximate surface area is 162 Å². The Morgan fingerprint density at radius 1 is 0.917 bits per heavy atom. The molecule has 8 heteroatoms. The van der Waals surface area contributed by atoms with Gasteiger partial charge in [-0.1, -0.05) is 23.2 Å². The summed E-state index contributed by atoms with van der Waals surface area (Å²) in [5.41, 5.74) is 1.74. The van der Waals surface area contributed by atoms with Crippen molar-refractivity contribution in [2.24, 2.45) is 0 Å². The Hall–Kier alpha value is -0.480. The molecule has 0 fully saturated rings. The monoisotopic (exact) mass is 424 g/mol. The maximum Gasteiger partial charge on any atom is 0.434 e. The van der Waals surface area contributed by atoms with Crippen LogP contribution in [-0.2, 0) is 16.3 Å². The van der Waals surface area contributed by atoms with E-state index in [-0.39, 0.29) is 12.5 Å². The van der Waals surface area contributed by atoms with Crippen LogP contribution in [0.1, 0.15) is 11.1 Å². The predicted octanol–water partition coefficient (Wildman–Crippen LogP) is 6.55. The summed E-state index contributed by atoms with van der Waals surface area (Å²) < 4.78 is 17.3. The molecule has 0 amide bonds. The molecule has 0 heterocycles. The van der Waals surface area contributed by atoms with Gasteiger partial charge in [0.1, 0.15) is 11.5 Å². The second-order valence-corrected chi connectivity index (χ2v) is 9.03. The number of hydrogen-bond acceptors (Lipinski definition) is 4. The molecule has 130 valence electrons. The average Bonchev–Trinajstić information content (AvgIpc) is 2.53. The SMILES string of the molecule is Cc1cc(OP(=S)(OCCCl)Oc2ccc(Cl)c(C)c2)ccc1Cl. The van der Waals surface area contributed by atoms with Gasteiger partial charge in [0.2, 0.25) is 0 Å². The summed E-state index contributed by atoms with van der Waals surface area (Å²) in [7, 11) is 0. The lowest BCUT2D eigenvalue weighted by Crippen LogP contribution is -2.06. The minimum Gasteiger partial charge on any atom is -0.416 e. The lowest BCUT2D eigenvalue weighted by molar-refractivity contribution is 0.278. The molecule has 0 saturated carbocycles. The lowest BCUT2D eigenvalue weighted by Gasteiger charge is -2.23. The predicted molar refractivity (Wildman–Crippen MR) is 105 cm³/mol. The molecule has 0 aliphatic rings. The quantitative estimate of drug-likeness (QED) is 0.371. The van der Waals surface area contributed by atoms with E-state index in [0.29, 0.717) is 21.5 Å². The van der Waals surface area contributed by atoms with Gasteiger partial charge in [-0.2, -0.15) is 0 Å². The van der Waals surface area contributed by atoms with E-state index >= 15 is 0 Å². The average molecular weight is 426 g/mol. The van der Waals surface area contributed by atoms with Crippen molar-refractivity contribution >= 4 is 53.3 Å². The van der Waals surface area contributed by atoms with Crippen molar-refractivity contribution in [3.8, 4) is 11.5 Å². The van der Waals surface area contributed by atoms with Crippen molar-refractivity contribution in [2.45, 2.75) is 13.8 Å². The van der Waals surface area contributed by atoms with Gasteiger partial charge in [-0.25, -0.2) is 0 Å². The number of rotatable bonds is 7. The second-order valence-electron chi connectivity index (χ2n) is 4.97. The van der Waals surface area contributed by atoms with E-state index in [2.05, 4.69) is 0 Å². The molecule has 2 aromatic rings. The fraction of sp³-hybridized carbons (Fsp3) is 0.250. The highest BCUT2D eigenvalue weighted by Crippen LogP contribution is 2.50. The van der Waals surface area contributed by atoms with E-state index in [0.717, 1.165) is 11.1 Å². The fourth-order valence-electron chi connectivity index (χ4n) is 1.82. The topological polar surface area (TPSA) is 27.7 Å². The highest BCUT2D eigenvalue weighted by atomic mass is 35.5. The van der Waals surface area contributed by atoms with Gasteiger partial charge >= 0.3 is 6.72 Å². The number of hydrogen-bond donors (Lipinski definition) is 0. The number of benzene rings is 2. The van der Waals surface area contributed by atoms with Crippen molar-refractivity contribution in [3.05, 3.63) is 57.6 Å². The minimum absolute atomic E-state index is 0.220. The zero-order valence-corrected chi connectivity index (χ0v) is 17.1. The lowest BCUT2D eigenvalue weighted by atomic mass is 10.2. The van der Waals surface area contributed by atoms with Crippen LogP contribution in [0, 0.1) is 13.8 Å². The fourth-order valence-corrected chi connectivity index (χ4v) is 4.18. The molecule has 0 saturated heterocycles. The highest BCUT2D eigenvalue weighted by Gasteiger charge is 2.25. The van der Waals surface area contributed by atoms with Crippen molar-refractivity contribution in [2.75, 3.05) is 12.5 Å². The first-order valence-electron chi connectivity index (χ1n) is 7.05. The number of alkyl halides is 1. The smallest absolute Gasteiger partial charge is 0.416 e. The summed E-state index contributed by atoms with van der Waals surface area (Å²) in [6.45, 7) is 0.887. The van der Waals surface area contributed by atoms with Crippen molar-refractivity contribution in [3.63, 3.8) is 0 Å². The van der Waals surface area contributed by atoms with Crippen LogP contribution in [0.4, 0.5) is 0 Å². The summed E-state index contributed by atoms with van der Waals surface area (Å²) in [6, 6.07) is 10.5. The van der Waals surface area contributed by atoms with Gasteiger partial charge in [0, 0.05) is 27.7 Å². The largest absolute Gasteiger partial charge is 0.434 e. The molecule has 2 rings (SSSR count). The van der Waals surface area contributed by atoms with Crippen LogP contribution < -0.4 is 9.05 Å². The van der Waals surface area contributed by atoms with Crippen molar-refractivity contribution < 1.29 is 13.6 Å². The normalized spacial score (nSPS) is 11.4. The van der Waals surface area contributed by atoms with Crippen LogP contribution in [0.5, 0.6) is 11.5 Å². The molecule has 0 radical (unpaired) electrons. The zero-order valence-electron chi connectivity index (χ0n) is 13.1. The Balaban J connectivity index is 2.25. The first kappa shape index (κ1) is 19.8. The van der Waals surface area contributed by atoms with Crippen LogP contribution in [0.2, 0.25) is 10.0 Å². The molecule has 0 unspecified atom stereocenters. The van der Waals surface area contributed by atoms with E-state index in [1.807, 2.05) is 13.8 Å². The Bertz CT molecular complexity index is 713. The third kappa shape index (κ3) is 5.52. The summed E-state index contributed by atoms with van der Waals surface area (Å²) in [5.74, 6) is 1.34. The molecule has 0 aliphatic carbocycles. The van der Waals surface area contributed by atoms with E-state index < -0.39 is 6.72 Å². The summed E-state index contributed by atoms with van der Waals surface area (Å²) in [4.78, 5) is 0. The van der Waals surface area contributed by atoms with Crippen molar-refractivity contribution in [1.82, 2.24) is 0 Å². The van der Waals surface area contributed by atoms with Crippen LogP contribution in [-0.4, -0.2) is 12.5 Å². The van der Waals surface area contributed by atoms with Gasteiger partial charge in [-0.15, -0.1) is 11.6 Å². The highest BCUT2D eigenvalue weighted by molar-refractivity contribution is 8.07. The van der Waals surface area contributed by atoms with Gasteiger partial charge in [0.25, 0.3) is 0 Å². The van der Waals surface area contributed by atoms with Crippen LogP contribution in [0.15, 0.2) is 36.4 Å². The standard InChI is InChI=1S/C16H16Cl3O3PS/c1-11-9-13(3-5-15(11)18)21-23(24,20-8-7-17)22-14-4-6-16(19)12(2)10-14/h3-6,9-10H,7-8H2,1-2H3. The summed E-state index contributed by atoms with van der Waals surface area (Å²) >= 11 is 23.3. The maximum absolute atomic E-state index is 6.03. The summed E-state index contributed by atoms with van der Waals surface area (Å²) in [5, 5.41) is 1.29. The number of halogens is 3. The van der Waals surface area contributed by atoms with Crippen LogP contribution >= 0.6 is 41.5 Å². The molecule has 2 aromatic carbocycles. The van der Waals surface area contributed by atoms with E-state index in [1.165, 1.54) is 0 Å². The first-order valence-corrected chi connectivity index (χ1v) is 10.9. The molecule has 0 spiro atoms. The third-order valence-electron chi connectivity index (χ3n) is 3.02. The Morgan fingerprint density at radius 2 is 1.38 bits per heavy atom. The molecule has 24 heavy (non-hydrogen) atoms.